The minimum Gasteiger partial charge on any atom is -0.359 e. The molecule has 0 atom stereocenters. The third-order valence-corrected chi connectivity index (χ3v) is 2.97. The summed E-state index contributed by atoms with van der Waals surface area (Å²) >= 11 is 5.84. The van der Waals surface area contributed by atoms with Gasteiger partial charge in [-0.05, 0) is 12.1 Å². The summed E-state index contributed by atoms with van der Waals surface area (Å²) in [6, 6.07) is 6.58. The first kappa shape index (κ1) is 11.2. The Bertz CT molecular complexity index is 678. The first-order valence-electron chi connectivity index (χ1n) is 5.38. The molecular formula is C12H9ClFN3O. The van der Waals surface area contributed by atoms with E-state index in [1.807, 2.05) is 4.57 Å². The number of alkyl halides is 1. The van der Waals surface area contributed by atoms with Gasteiger partial charge in [0, 0.05) is 6.07 Å². The Morgan fingerprint density at radius 1 is 1.33 bits per heavy atom. The van der Waals surface area contributed by atoms with Crippen molar-refractivity contribution in [3.8, 4) is 0 Å². The van der Waals surface area contributed by atoms with Gasteiger partial charge >= 0.3 is 0 Å². The number of rotatable bonds is 3. The quantitative estimate of drug-likeness (QED) is 0.684. The number of benzene rings is 1. The zero-order chi connectivity index (χ0) is 12.5. The van der Waals surface area contributed by atoms with Crippen LogP contribution in [-0.2, 0) is 12.4 Å². The molecule has 0 saturated heterocycles. The van der Waals surface area contributed by atoms with Gasteiger partial charge in [-0.2, -0.15) is 0 Å². The molecule has 0 fully saturated rings. The van der Waals surface area contributed by atoms with E-state index in [2.05, 4.69) is 10.1 Å². The molecule has 4 nitrogen and oxygen atoms in total. The van der Waals surface area contributed by atoms with Crippen LogP contribution in [0.3, 0.4) is 0 Å². The zero-order valence-electron chi connectivity index (χ0n) is 9.31. The summed E-state index contributed by atoms with van der Waals surface area (Å²) in [6.45, 7) is 0.433. The number of aromatic nitrogens is 3. The van der Waals surface area contributed by atoms with E-state index in [-0.39, 0.29) is 11.7 Å². The van der Waals surface area contributed by atoms with E-state index >= 15 is 0 Å². The van der Waals surface area contributed by atoms with Crippen LogP contribution in [0.5, 0.6) is 0 Å². The van der Waals surface area contributed by atoms with E-state index in [9.17, 15) is 4.39 Å². The first-order valence-corrected chi connectivity index (χ1v) is 5.92. The summed E-state index contributed by atoms with van der Waals surface area (Å²) in [4.78, 5) is 4.21. The monoisotopic (exact) mass is 265 g/mol. The largest absolute Gasteiger partial charge is 0.359 e. The minimum atomic E-state index is -0.352. The summed E-state index contributed by atoms with van der Waals surface area (Å²) in [6.07, 6.45) is 1.56. The average molecular weight is 266 g/mol. The van der Waals surface area contributed by atoms with Crippen molar-refractivity contribution in [2.45, 2.75) is 12.4 Å². The lowest BCUT2D eigenvalue weighted by atomic mass is 10.3. The molecule has 0 aliphatic rings. The molecule has 0 amide bonds. The van der Waals surface area contributed by atoms with Gasteiger partial charge < -0.3 is 9.09 Å². The molecule has 2 heterocycles. The van der Waals surface area contributed by atoms with Gasteiger partial charge in [0.2, 0.25) is 0 Å². The topological polar surface area (TPSA) is 43.9 Å². The van der Waals surface area contributed by atoms with E-state index < -0.39 is 0 Å². The Balaban J connectivity index is 2.17. The number of hydrogen-bond acceptors (Lipinski definition) is 3. The van der Waals surface area contributed by atoms with Crippen molar-refractivity contribution in [2.24, 2.45) is 0 Å². The first-order chi connectivity index (χ1) is 8.79. The van der Waals surface area contributed by atoms with Crippen molar-refractivity contribution in [1.82, 2.24) is 14.7 Å². The number of para-hydroxylation sites is 1. The fraction of sp³-hybridized carbons (Fsp3) is 0.167. The van der Waals surface area contributed by atoms with Crippen LogP contribution in [0.1, 0.15) is 11.6 Å². The van der Waals surface area contributed by atoms with Crippen molar-refractivity contribution in [1.29, 1.82) is 0 Å². The smallest absolute Gasteiger partial charge is 0.156 e. The highest BCUT2D eigenvalue weighted by Gasteiger charge is 2.14. The van der Waals surface area contributed by atoms with E-state index in [0.29, 0.717) is 29.2 Å². The van der Waals surface area contributed by atoms with Crippen LogP contribution >= 0.6 is 11.6 Å². The minimum absolute atomic E-state index is 0.211. The highest BCUT2D eigenvalue weighted by Crippen LogP contribution is 2.21. The summed E-state index contributed by atoms with van der Waals surface area (Å²) in [5.41, 5.74) is 1.02. The number of halogens is 2. The Labute approximate surface area is 107 Å². The Morgan fingerprint density at radius 2 is 2.22 bits per heavy atom. The lowest BCUT2D eigenvalue weighted by molar-refractivity contribution is 0.376. The predicted molar refractivity (Wildman–Crippen MR) is 64.9 cm³/mol. The molecule has 18 heavy (non-hydrogen) atoms. The van der Waals surface area contributed by atoms with Crippen molar-refractivity contribution in [3.63, 3.8) is 0 Å². The van der Waals surface area contributed by atoms with E-state index in [0.717, 1.165) is 0 Å². The van der Waals surface area contributed by atoms with Crippen LogP contribution in [0.15, 0.2) is 35.0 Å². The molecule has 0 spiro atoms. The molecule has 6 heteroatoms. The molecule has 3 rings (SSSR count). The van der Waals surface area contributed by atoms with Crippen LogP contribution in [0, 0.1) is 5.82 Å². The van der Waals surface area contributed by atoms with Crippen molar-refractivity contribution in [2.75, 3.05) is 0 Å². The number of fused-ring (bicyclic) bond motifs is 1. The molecule has 2 aromatic heterocycles. The molecule has 0 unspecified atom stereocenters. The van der Waals surface area contributed by atoms with Crippen LogP contribution in [0.2, 0.25) is 0 Å². The Hall–Kier alpha value is -1.88. The maximum Gasteiger partial charge on any atom is 0.156 e. The number of nitrogens with zero attached hydrogens (tertiary/aromatic N) is 3. The van der Waals surface area contributed by atoms with Gasteiger partial charge in [0.1, 0.15) is 11.3 Å². The van der Waals surface area contributed by atoms with Crippen LogP contribution in [0.4, 0.5) is 4.39 Å². The van der Waals surface area contributed by atoms with Gasteiger partial charge in [-0.25, -0.2) is 9.37 Å². The maximum absolute atomic E-state index is 13.6. The molecule has 3 aromatic rings. The van der Waals surface area contributed by atoms with E-state index in [1.54, 1.807) is 24.4 Å². The van der Waals surface area contributed by atoms with Gasteiger partial charge in [-0.15, -0.1) is 11.6 Å². The van der Waals surface area contributed by atoms with Crippen molar-refractivity contribution in [3.05, 3.63) is 47.9 Å². The van der Waals surface area contributed by atoms with Crippen molar-refractivity contribution < 1.29 is 8.91 Å². The SMILES string of the molecule is Fc1cccc2c1nc(CCl)n2Cc1ccno1. The lowest BCUT2D eigenvalue weighted by Crippen LogP contribution is -2.02. The summed E-state index contributed by atoms with van der Waals surface area (Å²) < 4.78 is 20.5. The van der Waals surface area contributed by atoms with Crippen molar-refractivity contribution >= 4 is 22.6 Å². The molecule has 92 valence electrons. The van der Waals surface area contributed by atoms with E-state index in [1.165, 1.54) is 6.07 Å². The molecule has 1 aromatic carbocycles. The highest BCUT2D eigenvalue weighted by molar-refractivity contribution is 6.16. The van der Waals surface area contributed by atoms with Gasteiger partial charge in [0.25, 0.3) is 0 Å². The predicted octanol–water partition coefficient (Wildman–Crippen LogP) is 2.95. The average Bonchev–Trinajstić information content (AvgIpc) is 2.99. The van der Waals surface area contributed by atoms with Crippen LogP contribution in [0.25, 0.3) is 11.0 Å². The maximum atomic E-state index is 13.6. The normalized spacial score (nSPS) is 11.2. The third-order valence-electron chi connectivity index (χ3n) is 2.73. The molecule has 0 radical (unpaired) electrons. The standard InChI is InChI=1S/C12H9ClFN3O/c13-6-11-16-12-9(14)2-1-3-10(12)17(11)7-8-4-5-15-18-8/h1-5H,6-7H2. The number of hydrogen-bond donors (Lipinski definition) is 0. The molecule has 0 saturated carbocycles. The summed E-state index contributed by atoms with van der Waals surface area (Å²) in [7, 11) is 0. The third kappa shape index (κ3) is 1.76. The van der Waals surface area contributed by atoms with Gasteiger partial charge in [-0.3, -0.25) is 0 Å². The molecule has 0 aliphatic heterocycles. The summed E-state index contributed by atoms with van der Waals surface area (Å²) in [5, 5.41) is 3.64. The molecule has 0 bridgehead atoms. The highest BCUT2D eigenvalue weighted by atomic mass is 35.5. The second-order valence-electron chi connectivity index (χ2n) is 3.83. The fourth-order valence-electron chi connectivity index (χ4n) is 1.92. The van der Waals surface area contributed by atoms with Gasteiger partial charge in [0.15, 0.2) is 11.6 Å². The molecule has 0 N–H and O–H groups in total. The van der Waals surface area contributed by atoms with Gasteiger partial charge in [0.05, 0.1) is 24.1 Å². The Morgan fingerprint density at radius 3 is 2.94 bits per heavy atom. The molecular weight excluding hydrogens is 257 g/mol. The second kappa shape index (κ2) is 4.42. The lowest BCUT2D eigenvalue weighted by Gasteiger charge is -2.04. The van der Waals surface area contributed by atoms with E-state index in [4.69, 9.17) is 16.1 Å². The summed E-state index contributed by atoms with van der Waals surface area (Å²) in [5.74, 6) is 1.13. The Kier molecular flexibility index (Phi) is 2.76. The van der Waals surface area contributed by atoms with Crippen LogP contribution in [-0.4, -0.2) is 14.7 Å². The second-order valence-corrected chi connectivity index (χ2v) is 4.10. The van der Waals surface area contributed by atoms with Gasteiger partial charge in [-0.1, -0.05) is 11.2 Å². The zero-order valence-corrected chi connectivity index (χ0v) is 10.1. The number of imidazole rings is 1. The molecule has 0 aliphatic carbocycles. The fourth-order valence-corrected chi connectivity index (χ4v) is 2.12. The van der Waals surface area contributed by atoms with Crippen LogP contribution < -0.4 is 0 Å².